The largest absolute Gasteiger partial charge is 0.343 e. The Morgan fingerprint density at radius 3 is 2.76 bits per heavy atom. The standard InChI is InChI=1S/C18H26N6O/c1-18(2,3)13-23-9-7-15-21-22-16(24(15)11-10-23)12-20-17(25)14-6-4-5-8-19-14/h4-6,8H,7,9-13H2,1-3H3,(H,20,25). The SMILES string of the molecule is CC(C)(C)CN1CCc2nnc(CNC(=O)c3ccccn3)n2CC1. The summed E-state index contributed by atoms with van der Waals surface area (Å²) < 4.78 is 2.14. The fourth-order valence-electron chi connectivity index (χ4n) is 3.13. The fraction of sp³-hybridized carbons (Fsp3) is 0.556. The lowest BCUT2D eigenvalue weighted by Gasteiger charge is -2.28. The zero-order valence-electron chi connectivity index (χ0n) is 15.2. The van der Waals surface area contributed by atoms with Crippen LogP contribution in [-0.2, 0) is 19.5 Å². The molecule has 3 heterocycles. The zero-order chi connectivity index (χ0) is 17.9. The Labute approximate surface area is 148 Å². The first-order valence-electron chi connectivity index (χ1n) is 8.75. The average Bonchev–Trinajstić information content (AvgIpc) is 2.86. The van der Waals surface area contributed by atoms with Gasteiger partial charge in [0.15, 0.2) is 5.82 Å². The molecule has 0 fully saturated rings. The maximum Gasteiger partial charge on any atom is 0.270 e. The van der Waals surface area contributed by atoms with Crippen molar-refractivity contribution in [1.29, 1.82) is 0 Å². The van der Waals surface area contributed by atoms with Crippen LogP contribution < -0.4 is 5.32 Å². The maximum atomic E-state index is 12.1. The van der Waals surface area contributed by atoms with E-state index in [0.29, 0.717) is 12.2 Å². The third kappa shape index (κ3) is 4.63. The van der Waals surface area contributed by atoms with Crippen LogP contribution in [0.2, 0.25) is 0 Å². The first-order chi connectivity index (χ1) is 11.9. The number of rotatable bonds is 4. The van der Waals surface area contributed by atoms with Crippen molar-refractivity contribution in [2.75, 3.05) is 19.6 Å². The van der Waals surface area contributed by atoms with Gasteiger partial charge in [-0.15, -0.1) is 10.2 Å². The molecule has 0 bridgehead atoms. The normalized spacial score (nSPS) is 15.5. The molecule has 7 nitrogen and oxygen atoms in total. The number of nitrogens with zero attached hydrogens (tertiary/aromatic N) is 5. The van der Waals surface area contributed by atoms with Gasteiger partial charge in [0.2, 0.25) is 0 Å². The van der Waals surface area contributed by atoms with Crippen LogP contribution in [0, 0.1) is 5.41 Å². The van der Waals surface area contributed by atoms with Crippen molar-refractivity contribution >= 4 is 5.91 Å². The first kappa shape index (κ1) is 17.5. The number of hydrogen-bond donors (Lipinski definition) is 1. The topological polar surface area (TPSA) is 75.9 Å². The van der Waals surface area contributed by atoms with Gasteiger partial charge < -0.3 is 14.8 Å². The molecule has 25 heavy (non-hydrogen) atoms. The molecule has 134 valence electrons. The van der Waals surface area contributed by atoms with E-state index in [1.807, 2.05) is 0 Å². The number of pyridine rings is 1. The summed E-state index contributed by atoms with van der Waals surface area (Å²) in [5, 5.41) is 11.5. The Bertz CT molecular complexity index is 719. The summed E-state index contributed by atoms with van der Waals surface area (Å²) in [5.41, 5.74) is 0.693. The molecule has 1 N–H and O–H groups in total. The Balaban J connectivity index is 1.61. The molecule has 0 spiro atoms. The second-order valence-corrected chi connectivity index (χ2v) is 7.67. The summed E-state index contributed by atoms with van der Waals surface area (Å²) in [7, 11) is 0. The van der Waals surface area contributed by atoms with E-state index < -0.39 is 0 Å². The van der Waals surface area contributed by atoms with Gasteiger partial charge >= 0.3 is 0 Å². The molecule has 0 aliphatic carbocycles. The Hall–Kier alpha value is -2.28. The quantitative estimate of drug-likeness (QED) is 0.911. The molecule has 3 rings (SSSR count). The molecule has 0 aromatic carbocycles. The van der Waals surface area contributed by atoms with Crippen molar-refractivity contribution in [2.45, 2.75) is 40.3 Å². The molecule has 2 aromatic rings. The molecule has 1 aliphatic heterocycles. The van der Waals surface area contributed by atoms with Crippen LogP contribution in [0.3, 0.4) is 0 Å². The van der Waals surface area contributed by atoms with Gasteiger partial charge in [-0.2, -0.15) is 0 Å². The summed E-state index contributed by atoms with van der Waals surface area (Å²) in [6, 6.07) is 5.29. The molecule has 0 unspecified atom stereocenters. The number of fused-ring (bicyclic) bond motifs is 1. The molecule has 2 aromatic heterocycles. The maximum absolute atomic E-state index is 12.1. The van der Waals surface area contributed by atoms with E-state index in [-0.39, 0.29) is 11.3 Å². The van der Waals surface area contributed by atoms with Crippen LogP contribution in [0.15, 0.2) is 24.4 Å². The Morgan fingerprint density at radius 1 is 1.20 bits per heavy atom. The second-order valence-electron chi connectivity index (χ2n) is 7.67. The molecule has 0 atom stereocenters. The minimum atomic E-state index is -0.194. The lowest BCUT2D eigenvalue weighted by Crippen LogP contribution is -2.35. The van der Waals surface area contributed by atoms with Crippen molar-refractivity contribution in [1.82, 2.24) is 30.0 Å². The van der Waals surface area contributed by atoms with Crippen LogP contribution in [0.1, 0.15) is 42.9 Å². The molecule has 0 saturated heterocycles. The van der Waals surface area contributed by atoms with Crippen molar-refractivity contribution in [3.63, 3.8) is 0 Å². The second kappa shape index (κ2) is 7.31. The van der Waals surface area contributed by atoms with Gasteiger partial charge in [0.1, 0.15) is 11.5 Å². The molecular weight excluding hydrogens is 316 g/mol. The molecule has 1 aliphatic rings. The highest BCUT2D eigenvalue weighted by Gasteiger charge is 2.22. The Morgan fingerprint density at radius 2 is 2.04 bits per heavy atom. The molecule has 1 amide bonds. The van der Waals surface area contributed by atoms with E-state index in [2.05, 4.69) is 50.7 Å². The highest BCUT2D eigenvalue weighted by atomic mass is 16.1. The average molecular weight is 342 g/mol. The molecule has 0 saturated carbocycles. The minimum Gasteiger partial charge on any atom is -0.343 e. The Kier molecular flexibility index (Phi) is 5.13. The smallest absolute Gasteiger partial charge is 0.270 e. The third-order valence-electron chi connectivity index (χ3n) is 4.20. The summed E-state index contributed by atoms with van der Waals surface area (Å²) in [6.07, 6.45) is 2.50. The van der Waals surface area contributed by atoms with E-state index in [9.17, 15) is 4.79 Å². The molecule has 0 radical (unpaired) electrons. The van der Waals surface area contributed by atoms with Crippen molar-refractivity contribution < 1.29 is 4.79 Å². The van der Waals surface area contributed by atoms with Gasteiger partial charge in [-0.1, -0.05) is 26.8 Å². The van der Waals surface area contributed by atoms with Crippen LogP contribution in [0.5, 0.6) is 0 Å². The van der Waals surface area contributed by atoms with Crippen LogP contribution in [0.4, 0.5) is 0 Å². The van der Waals surface area contributed by atoms with E-state index in [1.54, 1.807) is 24.4 Å². The van der Waals surface area contributed by atoms with Gasteiger partial charge in [-0.05, 0) is 17.5 Å². The van der Waals surface area contributed by atoms with Gasteiger partial charge in [-0.3, -0.25) is 9.78 Å². The lowest BCUT2D eigenvalue weighted by atomic mass is 9.96. The van der Waals surface area contributed by atoms with Crippen LogP contribution >= 0.6 is 0 Å². The first-order valence-corrected chi connectivity index (χ1v) is 8.75. The lowest BCUT2D eigenvalue weighted by molar-refractivity contribution is 0.0944. The summed E-state index contributed by atoms with van der Waals surface area (Å²) >= 11 is 0. The van der Waals surface area contributed by atoms with Gasteiger partial charge in [0.05, 0.1) is 6.54 Å². The van der Waals surface area contributed by atoms with E-state index in [1.165, 1.54) is 0 Å². The monoisotopic (exact) mass is 342 g/mol. The number of hydrogen-bond acceptors (Lipinski definition) is 5. The summed E-state index contributed by atoms with van der Waals surface area (Å²) in [4.78, 5) is 18.7. The van der Waals surface area contributed by atoms with E-state index >= 15 is 0 Å². The predicted molar refractivity (Wildman–Crippen MR) is 95.0 cm³/mol. The number of aromatic nitrogens is 4. The minimum absolute atomic E-state index is 0.194. The van der Waals surface area contributed by atoms with E-state index in [4.69, 9.17) is 0 Å². The van der Waals surface area contributed by atoms with Gasteiger partial charge in [-0.25, -0.2) is 0 Å². The zero-order valence-corrected chi connectivity index (χ0v) is 15.2. The van der Waals surface area contributed by atoms with Gasteiger partial charge in [0.25, 0.3) is 5.91 Å². The highest BCUT2D eigenvalue weighted by Crippen LogP contribution is 2.17. The summed E-state index contributed by atoms with van der Waals surface area (Å²) in [6.45, 7) is 11.0. The van der Waals surface area contributed by atoms with Crippen molar-refractivity contribution in [3.8, 4) is 0 Å². The van der Waals surface area contributed by atoms with Crippen LogP contribution in [0.25, 0.3) is 0 Å². The van der Waals surface area contributed by atoms with Crippen molar-refractivity contribution in [3.05, 3.63) is 41.7 Å². The molecular formula is C18H26N6O. The molecule has 7 heteroatoms. The van der Waals surface area contributed by atoms with Crippen LogP contribution in [-0.4, -0.2) is 50.2 Å². The predicted octanol–water partition coefficient (Wildman–Crippen LogP) is 1.51. The third-order valence-corrected chi connectivity index (χ3v) is 4.20. The number of nitrogens with one attached hydrogen (secondary N) is 1. The number of carbonyl (C=O) groups excluding carboxylic acids is 1. The fourth-order valence-corrected chi connectivity index (χ4v) is 3.13. The van der Waals surface area contributed by atoms with E-state index in [0.717, 1.165) is 44.2 Å². The number of amides is 1. The number of carbonyl (C=O) groups is 1. The van der Waals surface area contributed by atoms with Gasteiger partial charge in [0, 0.05) is 38.8 Å². The van der Waals surface area contributed by atoms with Crippen molar-refractivity contribution in [2.24, 2.45) is 5.41 Å². The summed E-state index contributed by atoms with van der Waals surface area (Å²) in [5.74, 6) is 1.61. The highest BCUT2D eigenvalue weighted by molar-refractivity contribution is 5.92.